The van der Waals surface area contributed by atoms with Gasteiger partial charge in [-0.15, -0.1) is 5.10 Å². The summed E-state index contributed by atoms with van der Waals surface area (Å²) >= 11 is 0. The molecule has 2 aromatic carbocycles. The first kappa shape index (κ1) is 28.8. The Kier molecular flexibility index (Phi) is 10.0. The number of hydrogen-bond donors (Lipinski definition) is 1. The maximum absolute atomic E-state index is 13.0. The number of benzene rings is 2. The quantitative estimate of drug-likeness (QED) is 0.315. The van der Waals surface area contributed by atoms with E-state index in [0.717, 1.165) is 0 Å². The molecule has 1 N–H and O–H groups in total. The van der Waals surface area contributed by atoms with Gasteiger partial charge in [0.1, 0.15) is 0 Å². The van der Waals surface area contributed by atoms with Gasteiger partial charge >= 0.3 is 6.01 Å². The molecule has 3 aromatic rings. The van der Waals surface area contributed by atoms with Crippen LogP contribution in [0.15, 0.2) is 45.7 Å². The Morgan fingerprint density at radius 2 is 1.47 bits per heavy atom. The minimum Gasteiger partial charge on any atom is -0.493 e. The van der Waals surface area contributed by atoms with E-state index in [2.05, 4.69) is 15.5 Å². The monoisotopic (exact) mass is 550 g/mol. The number of hydrogen-bond acceptors (Lipinski definition) is 11. The van der Waals surface area contributed by atoms with Crippen LogP contribution in [-0.4, -0.2) is 90.7 Å². The number of ether oxygens (including phenoxy) is 5. The van der Waals surface area contributed by atoms with Crippen molar-refractivity contribution in [1.82, 2.24) is 14.5 Å². The third-order valence-electron chi connectivity index (χ3n) is 5.40. The van der Waals surface area contributed by atoms with Crippen LogP contribution < -0.4 is 19.5 Å². The van der Waals surface area contributed by atoms with Crippen molar-refractivity contribution in [2.75, 3.05) is 67.2 Å². The maximum Gasteiger partial charge on any atom is 0.322 e. The van der Waals surface area contributed by atoms with E-state index in [4.69, 9.17) is 28.1 Å². The van der Waals surface area contributed by atoms with Gasteiger partial charge in [0.15, 0.2) is 11.5 Å². The van der Waals surface area contributed by atoms with Crippen molar-refractivity contribution in [2.24, 2.45) is 0 Å². The van der Waals surface area contributed by atoms with Crippen LogP contribution in [-0.2, 0) is 19.5 Å². The van der Waals surface area contributed by atoms with Gasteiger partial charge in [0.2, 0.25) is 21.7 Å². The zero-order chi connectivity index (χ0) is 27.7. The number of aromatic nitrogens is 2. The van der Waals surface area contributed by atoms with Crippen LogP contribution in [0, 0.1) is 0 Å². The van der Waals surface area contributed by atoms with Gasteiger partial charge in [-0.2, -0.15) is 4.31 Å². The van der Waals surface area contributed by atoms with Gasteiger partial charge in [0.05, 0.1) is 39.4 Å². The number of amides is 1. The predicted octanol–water partition coefficient (Wildman–Crippen LogP) is 2.30. The third kappa shape index (κ3) is 6.58. The molecule has 3 rings (SSSR count). The van der Waals surface area contributed by atoms with Crippen LogP contribution >= 0.6 is 0 Å². The second-order valence-electron chi connectivity index (χ2n) is 7.69. The summed E-state index contributed by atoms with van der Waals surface area (Å²) in [6, 6.07) is 8.59. The molecule has 0 radical (unpaired) electrons. The molecule has 0 aliphatic rings. The van der Waals surface area contributed by atoms with Crippen LogP contribution in [0.2, 0.25) is 0 Å². The lowest BCUT2D eigenvalue weighted by Gasteiger charge is -2.21. The summed E-state index contributed by atoms with van der Waals surface area (Å²) < 4.78 is 58.9. The number of methoxy groups -OCH3 is 5. The molecule has 1 heterocycles. The van der Waals surface area contributed by atoms with E-state index in [0.29, 0.717) is 22.8 Å². The van der Waals surface area contributed by atoms with E-state index in [1.54, 1.807) is 12.1 Å². The highest BCUT2D eigenvalue weighted by molar-refractivity contribution is 7.89. The van der Waals surface area contributed by atoms with Crippen LogP contribution in [0.1, 0.15) is 10.4 Å². The number of carbonyl (C=O) groups excluding carboxylic acids is 1. The van der Waals surface area contributed by atoms with Crippen molar-refractivity contribution in [3.8, 4) is 28.7 Å². The summed E-state index contributed by atoms with van der Waals surface area (Å²) in [5.74, 6) is 0.725. The number of nitrogens with zero attached hydrogens (tertiary/aromatic N) is 3. The van der Waals surface area contributed by atoms with Gasteiger partial charge in [-0.3, -0.25) is 10.1 Å². The molecule has 0 aliphatic heterocycles. The van der Waals surface area contributed by atoms with E-state index in [1.165, 1.54) is 64.1 Å². The summed E-state index contributed by atoms with van der Waals surface area (Å²) in [5, 5.41) is 10.3. The summed E-state index contributed by atoms with van der Waals surface area (Å²) in [4.78, 5) is 12.8. The first-order valence-electron chi connectivity index (χ1n) is 11.3. The first-order chi connectivity index (χ1) is 18.3. The molecule has 14 heteroatoms. The molecule has 0 spiro atoms. The minimum absolute atomic E-state index is 0.0312. The Hall–Kier alpha value is -3.72. The summed E-state index contributed by atoms with van der Waals surface area (Å²) in [7, 11) is 3.61. The number of carbonyl (C=O) groups is 1. The molecule has 0 fully saturated rings. The number of sulfonamides is 1. The fourth-order valence-corrected chi connectivity index (χ4v) is 4.84. The Morgan fingerprint density at radius 3 is 1.97 bits per heavy atom. The Balaban J connectivity index is 1.75. The highest BCUT2D eigenvalue weighted by Crippen LogP contribution is 2.41. The van der Waals surface area contributed by atoms with Gasteiger partial charge < -0.3 is 28.1 Å². The normalized spacial score (nSPS) is 11.4. The van der Waals surface area contributed by atoms with Gasteiger partial charge in [-0.1, -0.05) is 5.10 Å². The van der Waals surface area contributed by atoms with E-state index in [-0.39, 0.29) is 48.7 Å². The highest BCUT2D eigenvalue weighted by atomic mass is 32.2. The lowest BCUT2D eigenvalue weighted by molar-refractivity contribution is 0.102. The van der Waals surface area contributed by atoms with Crippen molar-refractivity contribution < 1.29 is 41.3 Å². The van der Waals surface area contributed by atoms with Gasteiger partial charge in [0, 0.05) is 38.4 Å². The van der Waals surface area contributed by atoms with E-state index >= 15 is 0 Å². The fourth-order valence-electron chi connectivity index (χ4n) is 3.43. The van der Waals surface area contributed by atoms with Crippen molar-refractivity contribution >= 4 is 21.9 Å². The van der Waals surface area contributed by atoms with Crippen molar-refractivity contribution in [3.63, 3.8) is 0 Å². The highest BCUT2D eigenvalue weighted by Gasteiger charge is 2.24. The largest absolute Gasteiger partial charge is 0.493 e. The standard InChI is InChI=1S/C24H30N4O9S/c1-32-12-10-28(11-13-33-2)38(30,31)18-8-6-16(7-9-18)22(29)25-24-27-26-23(37-24)17-14-19(34-3)21(36-5)20(15-17)35-4/h6-9,14-15H,10-13H2,1-5H3,(H,25,27,29). The zero-order valence-electron chi connectivity index (χ0n) is 21.7. The lowest BCUT2D eigenvalue weighted by Crippen LogP contribution is -2.36. The molecule has 206 valence electrons. The Bertz CT molecular complexity index is 1290. The second kappa shape index (κ2) is 13.2. The molecular weight excluding hydrogens is 520 g/mol. The molecule has 13 nitrogen and oxygen atoms in total. The Labute approximate surface area is 220 Å². The van der Waals surface area contributed by atoms with Crippen LogP contribution in [0.25, 0.3) is 11.5 Å². The van der Waals surface area contributed by atoms with Crippen LogP contribution in [0.5, 0.6) is 17.2 Å². The molecule has 38 heavy (non-hydrogen) atoms. The average molecular weight is 551 g/mol. The molecule has 0 saturated carbocycles. The second-order valence-corrected chi connectivity index (χ2v) is 9.63. The third-order valence-corrected chi connectivity index (χ3v) is 7.31. The van der Waals surface area contributed by atoms with Crippen molar-refractivity contribution in [3.05, 3.63) is 42.0 Å². The first-order valence-corrected chi connectivity index (χ1v) is 12.8. The molecule has 0 bridgehead atoms. The fraction of sp³-hybridized carbons (Fsp3) is 0.375. The van der Waals surface area contributed by atoms with Crippen LogP contribution in [0.3, 0.4) is 0 Å². The zero-order valence-corrected chi connectivity index (χ0v) is 22.5. The number of anilines is 1. The summed E-state index contributed by atoms with van der Waals surface area (Å²) in [6.45, 7) is 0.781. The van der Waals surface area contributed by atoms with E-state index < -0.39 is 15.9 Å². The topological polar surface area (TPSA) is 152 Å². The molecule has 1 aromatic heterocycles. The molecule has 0 unspecified atom stereocenters. The molecule has 1 amide bonds. The van der Waals surface area contributed by atoms with Gasteiger partial charge in [0.25, 0.3) is 5.91 Å². The van der Waals surface area contributed by atoms with E-state index in [1.807, 2.05) is 0 Å². The maximum atomic E-state index is 13.0. The van der Waals surface area contributed by atoms with Gasteiger partial charge in [-0.05, 0) is 36.4 Å². The molecule has 0 aliphatic carbocycles. The minimum atomic E-state index is -3.82. The van der Waals surface area contributed by atoms with Gasteiger partial charge in [-0.25, -0.2) is 8.42 Å². The smallest absolute Gasteiger partial charge is 0.322 e. The molecule has 0 atom stereocenters. The van der Waals surface area contributed by atoms with Crippen molar-refractivity contribution in [2.45, 2.75) is 4.90 Å². The summed E-state index contributed by atoms with van der Waals surface area (Å²) in [6.07, 6.45) is 0. The molecular formula is C24H30N4O9S. The van der Waals surface area contributed by atoms with Crippen molar-refractivity contribution in [1.29, 1.82) is 0 Å². The molecule has 0 saturated heterocycles. The number of rotatable bonds is 14. The average Bonchev–Trinajstić information content (AvgIpc) is 3.40. The SMILES string of the molecule is COCCN(CCOC)S(=O)(=O)c1ccc(C(=O)Nc2nnc(-c3cc(OC)c(OC)c(OC)c3)o2)cc1. The lowest BCUT2D eigenvalue weighted by atomic mass is 10.2. The number of nitrogens with one attached hydrogen (secondary N) is 1. The predicted molar refractivity (Wildman–Crippen MR) is 136 cm³/mol. The van der Waals surface area contributed by atoms with E-state index in [9.17, 15) is 13.2 Å². The summed E-state index contributed by atoms with van der Waals surface area (Å²) in [5.41, 5.74) is 0.672. The van der Waals surface area contributed by atoms with Crippen LogP contribution in [0.4, 0.5) is 6.01 Å². The Morgan fingerprint density at radius 1 is 0.895 bits per heavy atom.